The molecule has 0 spiro atoms. The molecular formula is C11H23NO2. The molecule has 0 bridgehead atoms. The molecule has 1 heterocycles. The van der Waals surface area contributed by atoms with Crippen LogP contribution in [0.1, 0.15) is 32.6 Å². The maximum atomic E-state index is 5.67. The van der Waals surface area contributed by atoms with Crippen LogP contribution < -0.4 is 5.32 Å². The predicted octanol–water partition coefficient (Wildman–Crippen LogP) is 1.57. The smallest absolute Gasteiger partial charge is 0.0715 e. The summed E-state index contributed by atoms with van der Waals surface area (Å²) >= 11 is 0. The lowest BCUT2D eigenvalue weighted by Gasteiger charge is -2.10. The third-order valence-corrected chi connectivity index (χ3v) is 2.73. The molecule has 1 aliphatic rings. The first-order valence-electron chi connectivity index (χ1n) is 5.70. The summed E-state index contributed by atoms with van der Waals surface area (Å²) in [5.74, 6) is 0. The molecule has 1 saturated heterocycles. The lowest BCUT2D eigenvalue weighted by Crippen LogP contribution is -2.21. The van der Waals surface area contributed by atoms with Crippen LogP contribution >= 0.6 is 0 Å². The van der Waals surface area contributed by atoms with Gasteiger partial charge in [0, 0.05) is 19.7 Å². The zero-order valence-corrected chi connectivity index (χ0v) is 9.42. The van der Waals surface area contributed by atoms with Gasteiger partial charge in [0.1, 0.15) is 0 Å². The van der Waals surface area contributed by atoms with Gasteiger partial charge in [-0.3, -0.25) is 0 Å². The molecular weight excluding hydrogens is 178 g/mol. The van der Waals surface area contributed by atoms with Gasteiger partial charge in [0.25, 0.3) is 0 Å². The number of unbranched alkanes of at least 4 members (excludes halogenated alkanes) is 1. The van der Waals surface area contributed by atoms with Gasteiger partial charge in [0.05, 0.1) is 19.3 Å². The fraction of sp³-hybridized carbons (Fsp3) is 1.00. The molecule has 0 aromatic carbocycles. The Kier molecular flexibility index (Phi) is 6.15. The number of nitrogens with one attached hydrogen (secondary N) is 1. The summed E-state index contributed by atoms with van der Waals surface area (Å²) < 4.78 is 10.6. The first kappa shape index (κ1) is 12.0. The number of methoxy groups -OCH3 is 1. The largest absolute Gasteiger partial charge is 0.382 e. The van der Waals surface area contributed by atoms with Crippen molar-refractivity contribution in [1.29, 1.82) is 0 Å². The second-order valence-electron chi connectivity index (χ2n) is 3.97. The highest BCUT2D eigenvalue weighted by atomic mass is 16.5. The van der Waals surface area contributed by atoms with Crippen molar-refractivity contribution in [2.45, 2.75) is 44.8 Å². The Morgan fingerprint density at radius 2 is 2.21 bits per heavy atom. The highest BCUT2D eigenvalue weighted by molar-refractivity contribution is 4.81. The molecule has 1 rings (SSSR count). The van der Waals surface area contributed by atoms with Crippen LogP contribution in [0.25, 0.3) is 0 Å². The molecule has 0 amide bonds. The highest BCUT2D eigenvalue weighted by Crippen LogP contribution is 2.15. The van der Waals surface area contributed by atoms with Gasteiger partial charge in [-0.15, -0.1) is 0 Å². The fourth-order valence-corrected chi connectivity index (χ4v) is 1.88. The van der Waals surface area contributed by atoms with Crippen molar-refractivity contribution in [2.24, 2.45) is 0 Å². The van der Waals surface area contributed by atoms with E-state index in [9.17, 15) is 0 Å². The van der Waals surface area contributed by atoms with Crippen LogP contribution in [0, 0.1) is 0 Å². The Labute approximate surface area is 87.2 Å². The molecule has 1 fully saturated rings. The SMILES string of the molecule is CCCCC1CC(OCCOC)CN1. The molecule has 2 atom stereocenters. The van der Waals surface area contributed by atoms with E-state index in [1.165, 1.54) is 25.7 Å². The molecule has 0 radical (unpaired) electrons. The van der Waals surface area contributed by atoms with Gasteiger partial charge in [-0.25, -0.2) is 0 Å². The summed E-state index contributed by atoms with van der Waals surface area (Å²) in [6, 6.07) is 0.683. The zero-order valence-electron chi connectivity index (χ0n) is 9.42. The van der Waals surface area contributed by atoms with Crippen molar-refractivity contribution in [3.8, 4) is 0 Å². The Balaban J connectivity index is 2.02. The van der Waals surface area contributed by atoms with Gasteiger partial charge in [-0.05, 0) is 12.8 Å². The average Bonchev–Trinajstić information content (AvgIpc) is 2.63. The van der Waals surface area contributed by atoms with Crippen molar-refractivity contribution < 1.29 is 9.47 Å². The normalized spacial score (nSPS) is 27.0. The number of hydrogen-bond acceptors (Lipinski definition) is 3. The maximum Gasteiger partial charge on any atom is 0.0715 e. The van der Waals surface area contributed by atoms with Crippen molar-refractivity contribution in [3.05, 3.63) is 0 Å². The van der Waals surface area contributed by atoms with Crippen molar-refractivity contribution in [3.63, 3.8) is 0 Å². The summed E-state index contributed by atoms with van der Waals surface area (Å²) in [5.41, 5.74) is 0. The summed E-state index contributed by atoms with van der Waals surface area (Å²) in [7, 11) is 1.71. The van der Waals surface area contributed by atoms with E-state index < -0.39 is 0 Å². The predicted molar refractivity (Wildman–Crippen MR) is 57.5 cm³/mol. The van der Waals surface area contributed by atoms with Gasteiger partial charge >= 0.3 is 0 Å². The number of rotatable bonds is 7. The average molecular weight is 201 g/mol. The molecule has 14 heavy (non-hydrogen) atoms. The third-order valence-electron chi connectivity index (χ3n) is 2.73. The van der Waals surface area contributed by atoms with Gasteiger partial charge in [-0.1, -0.05) is 19.8 Å². The first-order chi connectivity index (χ1) is 6.86. The standard InChI is InChI=1S/C11H23NO2/c1-3-4-5-10-8-11(9-12-10)14-7-6-13-2/h10-12H,3-9H2,1-2H3. The number of hydrogen-bond donors (Lipinski definition) is 1. The van der Waals surface area contributed by atoms with E-state index in [0.29, 0.717) is 18.8 Å². The maximum absolute atomic E-state index is 5.67. The molecule has 0 aromatic heterocycles. The van der Waals surface area contributed by atoms with Gasteiger partial charge in [0.2, 0.25) is 0 Å². The second-order valence-corrected chi connectivity index (χ2v) is 3.97. The molecule has 3 nitrogen and oxygen atoms in total. The zero-order chi connectivity index (χ0) is 10.2. The molecule has 1 N–H and O–H groups in total. The van der Waals surface area contributed by atoms with E-state index in [1.54, 1.807) is 7.11 Å². The minimum atomic E-state index is 0.409. The van der Waals surface area contributed by atoms with Crippen LogP contribution in [-0.4, -0.2) is 39.0 Å². The van der Waals surface area contributed by atoms with E-state index in [2.05, 4.69) is 12.2 Å². The van der Waals surface area contributed by atoms with E-state index >= 15 is 0 Å². The molecule has 84 valence electrons. The van der Waals surface area contributed by atoms with Crippen molar-refractivity contribution in [2.75, 3.05) is 26.9 Å². The molecule has 0 saturated carbocycles. The van der Waals surface area contributed by atoms with Gasteiger partial charge in [0.15, 0.2) is 0 Å². The van der Waals surface area contributed by atoms with E-state index in [-0.39, 0.29) is 0 Å². The Hall–Kier alpha value is -0.120. The second kappa shape index (κ2) is 7.21. The lowest BCUT2D eigenvalue weighted by molar-refractivity contribution is 0.0260. The third kappa shape index (κ3) is 4.40. The Morgan fingerprint density at radius 3 is 2.93 bits per heavy atom. The summed E-state index contributed by atoms with van der Waals surface area (Å²) in [4.78, 5) is 0. The molecule has 0 aliphatic carbocycles. The van der Waals surface area contributed by atoms with E-state index in [1.807, 2.05) is 0 Å². The van der Waals surface area contributed by atoms with Crippen LogP contribution in [0.15, 0.2) is 0 Å². The Morgan fingerprint density at radius 1 is 1.36 bits per heavy atom. The molecule has 0 aromatic rings. The number of ether oxygens (including phenoxy) is 2. The van der Waals surface area contributed by atoms with Crippen molar-refractivity contribution >= 4 is 0 Å². The first-order valence-corrected chi connectivity index (χ1v) is 5.70. The molecule has 3 heteroatoms. The molecule has 1 aliphatic heterocycles. The van der Waals surface area contributed by atoms with Crippen molar-refractivity contribution in [1.82, 2.24) is 5.32 Å². The minimum Gasteiger partial charge on any atom is -0.382 e. The lowest BCUT2D eigenvalue weighted by atomic mass is 10.1. The monoisotopic (exact) mass is 201 g/mol. The summed E-state index contributed by atoms with van der Waals surface area (Å²) in [5, 5.41) is 3.50. The van der Waals surface area contributed by atoms with E-state index in [0.717, 1.165) is 13.2 Å². The highest BCUT2D eigenvalue weighted by Gasteiger charge is 2.23. The van der Waals surface area contributed by atoms with Crippen LogP contribution in [0.3, 0.4) is 0 Å². The molecule has 2 unspecified atom stereocenters. The fourth-order valence-electron chi connectivity index (χ4n) is 1.88. The van der Waals surface area contributed by atoms with E-state index in [4.69, 9.17) is 9.47 Å². The van der Waals surface area contributed by atoms with Gasteiger partial charge in [-0.2, -0.15) is 0 Å². The summed E-state index contributed by atoms with van der Waals surface area (Å²) in [6.45, 7) is 4.68. The summed E-state index contributed by atoms with van der Waals surface area (Å²) in [6.07, 6.45) is 5.48. The van der Waals surface area contributed by atoms with Crippen LogP contribution in [0.2, 0.25) is 0 Å². The topological polar surface area (TPSA) is 30.5 Å². The van der Waals surface area contributed by atoms with Crippen LogP contribution in [0.5, 0.6) is 0 Å². The quantitative estimate of drug-likeness (QED) is 0.634. The Bertz CT molecular complexity index is 141. The van der Waals surface area contributed by atoms with Crippen LogP contribution in [-0.2, 0) is 9.47 Å². The van der Waals surface area contributed by atoms with Crippen LogP contribution in [0.4, 0.5) is 0 Å². The van der Waals surface area contributed by atoms with Gasteiger partial charge < -0.3 is 14.8 Å². The minimum absolute atomic E-state index is 0.409.